The fourth-order valence-corrected chi connectivity index (χ4v) is 6.62. The van der Waals surface area contributed by atoms with Gasteiger partial charge in [-0.2, -0.15) is 0 Å². The number of benzene rings is 2. The summed E-state index contributed by atoms with van der Waals surface area (Å²) < 4.78 is 45.2. The van der Waals surface area contributed by atoms with Crippen LogP contribution in [0.1, 0.15) is 30.4 Å². The fourth-order valence-electron chi connectivity index (χ4n) is 3.09. The van der Waals surface area contributed by atoms with E-state index in [1.165, 1.54) is 19.3 Å². The number of halogens is 3. The summed E-state index contributed by atoms with van der Waals surface area (Å²) >= 11 is 13.4. The van der Waals surface area contributed by atoms with Crippen LogP contribution in [0.3, 0.4) is 0 Å². The zero-order valence-electron chi connectivity index (χ0n) is 16.5. The maximum absolute atomic E-state index is 8.49. The number of nitrogens with zero attached hydrogens (tertiary/aromatic N) is 1. The lowest BCUT2D eigenvalue weighted by molar-refractivity contribution is -2.00. The van der Waals surface area contributed by atoms with Crippen LogP contribution in [0.5, 0.6) is 5.75 Å². The van der Waals surface area contributed by atoms with Crippen LogP contribution in [-0.4, -0.2) is 13.1 Å². The molecule has 0 aliphatic carbocycles. The van der Waals surface area contributed by atoms with Crippen LogP contribution in [0.4, 0.5) is 0 Å². The molecule has 2 heterocycles. The Balaban J connectivity index is 0.000000491. The molecule has 1 atom stereocenters. The number of fused-ring (bicyclic) bond motifs is 3. The van der Waals surface area contributed by atoms with Gasteiger partial charge in [-0.05, 0) is 49.7 Å². The number of ether oxygens (including phenoxy) is 1. The molecule has 0 amide bonds. The molecule has 0 radical (unpaired) electrons. The van der Waals surface area contributed by atoms with Gasteiger partial charge < -0.3 is 4.74 Å². The molecule has 0 bridgehead atoms. The monoisotopic (exact) mass is 565 g/mol. The number of hydrogen-bond acceptors (Lipinski definition) is 7. The van der Waals surface area contributed by atoms with Crippen LogP contribution in [0, 0.1) is 10.2 Å². The second kappa shape index (κ2) is 10.3. The minimum atomic E-state index is -4.94. The highest BCUT2D eigenvalue weighted by Gasteiger charge is 2.31. The number of hydrogen-bond donors (Lipinski definition) is 0. The summed E-state index contributed by atoms with van der Waals surface area (Å²) in [5.74, 6) is 0.931. The van der Waals surface area contributed by atoms with Crippen molar-refractivity contribution in [1.82, 2.24) is 4.58 Å². The fraction of sp³-hybridized carbons (Fsp3) is 0.250. The first-order valence-corrected chi connectivity index (χ1v) is 13.2. The Hall–Kier alpha value is -1.01. The first-order chi connectivity index (χ1) is 14.6. The van der Waals surface area contributed by atoms with Gasteiger partial charge >= 0.3 is 3.98 Å². The lowest BCUT2D eigenvalue weighted by atomic mass is 10.0. The minimum absolute atomic E-state index is 0.0958. The first-order valence-electron chi connectivity index (χ1n) is 9.16. The van der Waals surface area contributed by atoms with Gasteiger partial charge in [-0.15, -0.1) is 10.2 Å². The van der Waals surface area contributed by atoms with Gasteiger partial charge in [0.15, 0.2) is 6.10 Å². The molecule has 2 aromatic carbocycles. The van der Waals surface area contributed by atoms with Crippen molar-refractivity contribution >= 4 is 50.2 Å². The molecule has 4 rings (SSSR count). The van der Waals surface area contributed by atoms with E-state index in [4.69, 9.17) is 35.0 Å². The normalized spacial score (nSPS) is 14.6. The SMILES string of the molecule is CC[N+](CC)=c1sc2c(s1)C(c1ccc(Cl)cc1)Oc1ccc(Br)cc1-2.[O-][Cl+3]([O-])([O-])[O-]. The van der Waals surface area contributed by atoms with Crippen LogP contribution in [0.25, 0.3) is 10.4 Å². The lowest BCUT2D eigenvalue weighted by Gasteiger charge is -2.26. The van der Waals surface area contributed by atoms with Crippen molar-refractivity contribution in [3.8, 4) is 16.2 Å². The Morgan fingerprint density at radius 3 is 2.23 bits per heavy atom. The average Bonchev–Trinajstić information content (AvgIpc) is 3.13. The predicted octanol–water partition coefficient (Wildman–Crippen LogP) is 1.43. The Bertz CT molecular complexity index is 1110. The van der Waals surface area contributed by atoms with Crippen LogP contribution in [0.15, 0.2) is 46.9 Å². The summed E-state index contributed by atoms with van der Waals surface area (Å²) in [6.07, 6.45) is -0.0958. The second-order valence-electron chi connectivity index (χ2n) is 6.40. The summed E-state index contributed by atoms with van der Waals surface area (Å²) in [6, 6.07) is 14.2. The maximum Gasteiger partial charge on any atom is 0.314 e. The second-order valence-corrected chi connectivity index (χ2v) is 10.8. The highest BCUT2D eigenvalue weighted by Crippen LogP contribution is 2.48. The van der Waals surface area contributed by atoms with Crippen LogP contribution < -0.4 is 31.9 Å². The van der Waals surface area contributed by atoms with Gasteiger partial charge in [-0.25, -0.2) is 23.2 Å². The van der Waals surface area contributed by atoms with Crippen molar-refractivity contribution in [3.05, 3.63) is 66.4 Å². The van der Waals surface area contributed by atoms with E-state index in [1.807, 2.05) is 46.9 Å². The Morgan fingerprint density at radius 1 is 1.03 bits per heavy atom. The third-order valence-corrected chi connectivity index (χ3v) is 8.00. The van der Waals surface area contributed by atoms with Gasteiger partial charge in [0, 0.05) is 15.1 Å². The Labute approximate surface area is 203 Å². The molecule has 0 saturated carbocycles. The molecular weight excluding hydrogens is 549 g/mol. The molecule has 31 heavy (non-hydrogen) atoms. The van der Waals surface area contributed by atoms with Crippen LogP contribution in [0.2, 0.25) is 5.02 Å². The number of rotatable bonds is 3. The van der Waals surface area contributed by atoms with Gasteiger partial charge in [-0.1, -0.05) is 62.3 Å². The van der Waals surface area contributed by atoms with Gasteiger partial charge in [0.1, 0.15) is 18.8 Å². The Morgan fingerprint density at radius 2 is 1.65 bits per heavy atom. The van der Waals surface area contributed by atoms with Crippen LogP contribution in [-0.2, 0) is 0 Å². The van der Waals surface area contributed by atoms with E-state index in [9.17, 15) is 0 Å². The largest absolute Gasteiger partial charge is 0.479 e. The molecule has 6 nitrogen and oxygen atoms in total. The van der Waals surface area contributed by atoms with Gasteiger partial charge in [0.25, 0.3) is 0 Å². The standard InChI is InChI=1S/C20H18BrClNOS2.ClHO4/c1-3-23(4-2)20-25-18-15-11-13(21)7-10-16(15)24-17(19(18)26-20)12-5-8-14(22)9-6-12;2-1(3,4)5/h5-11,17H,3-4H2,1-2H3;(H,2,3,4,5)/q+1;/p-1. The molecule has 0 saturated heterocycles. The van der Waals surface area contributed by atoms with Crippen molar-refractivity contribution in [3.63, 3.8) is 0 Å². The molecule has 11 heteroatoms. The molecule has 3 aromatic rings. The third-order valence-electron chi connectivity index (χ3n) is 4.47. The van der Waals surface area contributed by atoms with E-state index in [2.05, 4.69) is 52.6 Å². The molecule has 0 N–H and O–H groups in total. The van der Waals surface area contributed by atoms with Gasteiger partial charge in [0.05, 0.1) is 9.75 Å². The molecule has 1 unspecified atom stereocenters. The summed E-state index contributed by atoms with van der Waals surface area (Å²) in [6.45, 7) is 6.41. The van der Waals surface area contributed by atoms with Gasteiger partial charge in [0.2, 0.25) is 0 Å². The summed E-state index contributed by atoms with van der Waals surface area (Å²) in [7, 11) is -4.94. The molecule has 0 fully saturated rings. The average molecular weight is 567 g/mol. The molecule has 0 spiro atoms. The van der Waals surface area contributed by atoms with E-state index >= 15 is 0 Å². The van der Waals surface area contributed by atoms with Crippen molar-refractivity contribution in [2.24, 2.45) is 0 Å². The third kappa shape index (κ3) is 6.28. The highest BCUT2D eigenvalue weighted by atomic mass is 79.9. The molecule has 1 aliphatic rings. The first kappa shape index (κ1) is 24.6. The van der Waals surface area contributed by atoms with Crippen LogP contribution >= 0.6 is 50.2 Å². The molecule has 1 aromatic heterocycles. The molecular formula is C20H18BrCl2NO5S2. The van der Waals surface area contributed by atoms with Gasteiger partial charge in [-0.3, -0.25) is 0 Å². The highest BCUT2D eigenvalue weighted by molar-refractivity contribution is 9.10. The minimum Gasteiger partial charge on any atom is -0.479 e. The van der Waals surface area contributed by atoms with Crippen molar-refractivity contribution in [2.75, 3.05) is 13.1 Å². The lowest BCUT2D eigenvalue weighted by Crippen LogP contribution is -2.68. The van der Waals surface area contributed by atoms with Crippen molar-refractivity contribution in [1.29, 1.82) is 0 Å². The van der Waals surface area contributed by atoms with E-state index in [-0.39, 0.29) is 6.10 Å². The summed E-state index contributed by atoms with van der Waals surface area (Å²) in [5.41, 5.74) is 2.30. The summed E-state index contributed by atoms with van der Waals surface area (Å²) in [4.78, 5) is 2.57. The quantitative estimate of drug-likeness (QED) is 0.446. The zero-order chi connectivity index (χ0) is 22.8. The van der Waals surface area contributed by atoms with E-state index < -0.39 is 10.2 Å². The van der Waals surface area contributed by atoms with E-state index in [1.54, 1.807) is 0 Å². The Kier molecular flexibility index (Phi) is 8.17. The smallest absolute Gasteiger partial charge is 0.314 e. The molecule has 1 aliphatic heterocycles. The maximum atomic E-state index is 8.49. The van der Waals surface area contributed by atoms with Crippen molar-refractivity contribution in [2.45, 2.75) is 20.0 Å². The predicted molar refractivity (Wildman–Crippen MR) is 116 cm³/mol. The summed E-state index contributed by atoms with van der Waals surface area (Å²) in [5, 5.41) is 0.743. The topological polar surface area (TPSA) is 104 Å². The van der Waals surface area contributed by atoms with Crippen molar-refractivity contribution < 1.29 is 33.6 Å². The van der Waals surface area contributed by atoms with E-state index in [0.29, 0.717) is 0 Å². The zero-order valence-corrected chi connectivity index (χ0v) is 21.2. The van der Waals surface area contributed by atoms with E-state index in [0.717, 1.165) is 33.9 Å². The molecule has 166 valence electrons.